The first-order valence-corrected chi connectivity index (χ1v) is 10.0. The summed E-state index contributed by atoms with van der Waals surface area (Å²) in [4.78, 5) is 17.9. The minimum Gasteiger partial charge on any atom is -0.496 e. The van der Waals surface area contributed by atoms with E-state index in [-0.39, 0.29) is 11.6 Å². The Labute approximate surface area is 161 Å². The van der Waals surface area contributed by atoms with Crippen LogP contribution in [0.2, 0.25) is 0 Å². The van der Waals surface area contributed by atoms with Gasteiger partial charge in [0.15, 0.2) is 0 Å². The summed E-state index contributed by atoms with van der Waals surface area (Å²) < 4.78 is 7.30. The number of rotatable bonds is 6. The number of ether oxygens (including phenoxy) is 1. The summed E-state index contributed by atoms with van der Waals surface area (Å²) in [5.74, 6) is 1.45. The van der Waals surface area contributed by atoms with Crippen molar-refractivity contribution in [2.24, 2.45) is 7.05 Å². The Kier molecular flexibility index (Phi) is 5.88. The first-order valence-electron chi connectivity index (χ1n) is 10.0. The number of nitrogens with one attached hydrogen (secondary N) is 1. The summed E-state index contributed by atoms with van der Waals surface area (Å²) in [6, 6.07) is 4.58. The van der Waals surface area contributed by atoms with Gasteiger partial charge < -0.3 is 10.1 Å². The predicted octanol–water partition coefficient (Wildman–Crippen LogP) is 4.24. The number of methoxy groups -OCH3 is 1. The van der Waals surface area contributed by atoms with Gasteiger partial charge in [0.25, 0.3) is 5.56 Å². The summed E-state index contributed by atoms with van der Waals surface area (Å²) >= 11 is 0. The molecule has 0 saturated carbocycles. The van der Waals surface area contributed by atoms with Crippen LogP contribution in [0, 0.1) is 6.92 Å². The molecule has 5 heteroatoms. The molecule has 0 atom stereocenters. The lowest BCUT2D eigenvalue weighted by atomic mass is 9.89. The second-order valence-corrected chi connectivity index (χ2v) is 7.45. The molecule has 2 aromatic rings. The van der Waals surface area contributed by atoms with Gasteiger partial charge in [0.1, 0.15) is 17.3 Å². The molecule has 1 aromatic carbocycles. The Morgan fingerprint density at radius 1 is 1.19 bits per heavy atom. The molecular formula is C22H31N3O2. The third-order valence-electron chi connectivity index (χ3n) is 5.71. The largest absolute Gasteiger partial charge is 0.496 e. The number of anilines is 1. The molecule has 0 aliphatic heterocycles. The lowest BCUT2D eigenvalue weighted by Gasteiger charge is -2.22. The zero-order chi connectivity index (χ0) is 19.6. The van der Waals surface area contributed by atoms with Crippen molar-refractivity contribution in [2.75, 3.05) is 12.4 Å². The van der Waals surface area contributed by atoms with Crippen LogP contribution in [0.5, 0.6) is 5.75 Å². The highest BCUT2D eigenvalue weighted by Gasteiger charge is 2.20. The normalized spacial score (nSPS) is 13.6. The smallest absolute Gasteiger partial charge is 0.277 e. The third-order valence-corrected chi connectivity index (χ3v) is 5.71. The van der Waals surface area contributed by atoms with Crippen molar-refractivity contribution in [1.82, 2.24) is 9.55 Å². The molecule has 0 fully saturated rings. The maximum atomic E-state index is 13.1. The lowest BCUT2D eigenvalue weighted by molar-refractivity contribution is 0.414. The molecule has 1 N–H and O–H groups in total. The standard InChI is InChI=1S/C22H31N3O2/c1-6-17(7-2)24-20-14(3)23-21(25(4)22(20)26)18-12-15-10-8-9-11-16(15)13-19(18)27-5/h12-13,17,24H,6-11H2,1-5H3. The summed E-state index contributed by atoms with van der Waals surface area (Å²) in [6.07, 6.45) is 6.55. The van der Waals surface area contributed by atoms with Crippen molar-refractivity contribution in [3.8, 4) is 17.1 Å². The molecular weight excluding hydrogens is 338 g/mol. The Morgan fingerprint density at radius 3 is 2.41 bits per heavy atom. The molecule has 27 heavy (non-hydrogen) atoms. The van der Waals surface area contributed by atoms with E-state index in [9.17, 15) is 4.79 Å². The molecule has 1 aliphatic carbocycles. The second kappa shape index (κ2) is 8.15. The molecule has 5 nitrogen and oxygen atoms in total. The fraction of sp³-hybridized carbons (Fsp3) is 0.545. The van der Waals surface area contributed by atoms with Crippen LogP contribution in [-0.2, 0) is 19.9 Å². The van der Waals surface area contributed by atoms with Crippen LogP contribution in [0.1, 0.15) is 56.4 Å². The number of aromatic nitrogens is 2. The van der Waals surface area contributed by atoms with Gasteiger partial charge in [-0.25, -0.2) is 4.98 Å². The number of hydrogen-bond acceptors (Lipinski definition) is 4. The molecule has 1 heterocycles. The van der Waals surface area contributed by atoms with Crippen LogP contribution in [0.15, 0.2) is 16.9 Å². The molecule has 1 aromatic heterocycles. The fourth-order valence-corrected chi connectivity index (χ4v) is 3.92. The molecule has 146 valence electrons. The highest BCUT2D eigenvalue weighted by Crippen LogP contribution is 2.35. The molecule has 0 radical (unpaired) electrons. The maximum absolute atomic E-state index is 13.1. The van der Waals surface area contributed by atoms with Gasteiger partial charge >= 0.3 is 0 Å². The number of fused-ring (bicyclic) bond motifs is 1. The van der Waals surface area contributed by atoms with Crippen molar-refractivity contribution in [3.05, 3.63) is 39.3 Å². The minimum atomic E-state index is -0.0378. The van der Waals surface area contributed by atoms with E-state index in [1.807, 2.05) is 6.92 Å². The topological polar surface area (TPSA) is 56.2 Å². The molecule has 1 aliphatic rings. The van der Waals surface area contributed by atoms with Crippen molar-refractivity contribution in [1.29, 1.82) is 0 Å². The van der Waals surface area contributed by atoms with Gasteiger partial charge in [-0.3, -0.25) is 9.36 Å². The number of nitrogens with zero attached hydrogens (tertiary/aromatic N) is 2. The summed E-state index contributed by atoms with van der Waals surface area (Å²) in [5, 5.41) is 3.39. The Bertz CT molecular complexity index is 882. The van der Waals surface area contributed by atoms with Gasteiger partial charge in [-0.1, -0.05) is 13.8 Å². The highest BCUT2D eigenvalue weighted by molar-refractivity contribution is 5.68. The van der Waals surface area contributed by atoms with E-state index in [0.29, 0.717) is 11.5 Å². The number of aryl methyl sites for hydroxylation is 3. The van der Waals surface area contributed by atoms with Crippen LogP contribution in [0.4, 0.5) is 5.69 Å². The average molecular weight is 370 g/mol. The Morgan fingerprint density at radius 2 is 1.81 bits per heavy atom. The van der Waals surface area contributed by atoms with Gasteiger partial charge in [-0.15, -0.1) is 0 Å². The molecule has 3 rings (SSSR count). The monoisotopic (exact) mass is 369 g/mol. The van der Waals surface area contributed by atoms with Crippen LogP contribution in [0.25, 0.3) is 11.4 Å². The van der Waals surface area contributed by atoms with E-state index in [2.05, 4.69) is 31.3 Å². The minimum absolute atomic E-state index is 0.0378. The third kappa shape index (κ3) is 3.73. The van der Waals surface area contributed by atoms with Gasteiger partial charge in [0.05, 0.1) is 18.4 Å². The van der Waals surface area contributed by atoms with E-state index in [0.717, 1.165) is 42.7 Å². The first kappa shape index (κ1) is 19.5. The van der Waals surface area contributed by atoms with E-state index in [1.54, 1.807) is 18.7 Å². The van der Waals surface area contributed by atoms with Gasteiger partial charge in [0.2, 0.25) is 0 Å². The zero-order valence-corrected chi connectivity index (χ0v) is 17.2. The first-order chi connectivity index (χ1) is 13.0. The van der Waals surface area contributed by atoms with E-state index < -0.39 is 0 Å². The zero-order valence-electron chi connectivity index (χ0n) is 17.2. The second-order valence-electron chi connectivity index (χ2n) is 7.45. The SMILES string of the molecule is CCC(CC)Nc1c(C)nc(-c2cc3c(cc2OC)CCCC3)n(C)c1=O. The average Bonchev–Trinajstić information content (AvgIpc) is 2.70. The summed E-state index contributed by atoms with van der Waals surface area (Å²) in [5.41, 5.74) is 4.91. The van der Waals surface area contributed by atoms with Gasteiger partial charge in [0, 0.05) is 13.1 Å². The molecule has 0 saturated heterocycles. The number of benzene rings is 1. The molecule has 0 unspecified atom stereocenters. The predicted molar refractivity (Wildman–Crippen MR) is 111 cm³/mol. The van der Waals surface area contributed by atoms with Crippen LogP contribution in [0.3, 0.4) is 0 Å². The van der Waals surface area contributed by atoms with Gasteiger partial charge in [-0.05, 0) is 68.7 Å². The van der Waals surface area contributed by atoms with Crippen LogP contribution in [-0.4, -0.2) is 22.7 Å². The highest BCUT2D eigenvalue weighted by atomic mass is 16.5. The van der Waals surface area contributed by atoms with Crippen molar-refractivity contribution in [3.63, 3.8) is 0 Å². The fourth-order valence-electron chi connectivity index (χ4n) is 3.92. The van der Waals surface area contributed by atoms with E-state index in [4.69, 9.17) is 9.72 Å². The lowest BCUT2D eigenvalue weighted by Crippen LogP contribution is -2.29. The van der Waals surface area contributed by atoms with Crippen molar-refractivity contribution < 1.29 is 4.74 Å². The van der Waals surface area contributed by atoms with Crippen molar-refractivity contribution in [2.45, 2.75) is 65.3 Å². The van der Waals surface area contributed by atoms with Gasteiger partial charge in [-0.2, -0.15) is 0 Å². The van der Waals surface area contributed by atoms with E-state index in [1.165, 1.54) is 24.0 Å². The summed E-state index contributed by atoms with van der Waals surface area (Å²) in [6.45, 7) is 6.15. The van der Waals surface area contributed by atoms with Crippen molar-refractivity contribution >= 4 is 5.69 Å². The number of hydrogen-bond donors (Lipinski definition) is 1. The quantitative estimate of drug-likeness (QED) is 0.827. The maximum Gasteiger partial charge on any atom is 0.277 e. The van der Waals surface area contributed by atoms with E-state index >= 15 is 0 Å². The molecule has 0 spiro atoms. The Hall–Kier alpha value is -2.30. The molecule has 0 amide bonds. The Balaban J connectivity index is 2.12. The van der Waals surface area contributed by atoms with Crippen LogP contribution >= 0.6 is 0 Å². The molecule has 0 bridgehead atoms. The summed E-state index contributed by atoms with van der Waals surface area (Å²) in [7, 11) is 3.48. The van der Waals surface area contributed by atoms with Crippen LogP contribution < -0.4 is 15.6 Å².